The fourth-order valence-electron chi connectivity index (χ4n) is 2.01. The maximum atomic E-state index is 11.0. The van der Waals surface area contributed by atoms with Crippen LogP contribution in [0.25, 0.3) is 0 Å². The molecule has 0 saturated carbocycles. The molecule has 2 N–H and O–H groups in total. The average molecular weight is 271 g/mol. The molecule has 0 bridgehead atoms. The van der Waals surface area contributed by atoms with Crippen LogP contribution < -0.4 is 5.32 Å². The zero-order valence-electron chi connectivity index (χ0n) is 11.6. The second-order valence-electron chi connectivity index (χ2n) is 4.50. The minimum Gasteiger partial charge on any atom is -0.478 e. The van der Waals surface area contributed by atoms with Crippen LogP contribution in [0, 0.1) is 6.92 Å². The van der Waals surface area contributed by atoms with Gasteiger partial charge in [0.25, 0.3) is 0 Å². The van der Waals surface area contributed by atoms with Gasteiger partial charge in [0.15, 0.2) is 0 Å². The summed E-state index contributed by atoms with van der Waals surface area (Å²) in [6.45, 7) is 4.38. The average Bonchev–Trinajstić information content (AvgIpc) is 2.44. The van der Waals surface area contributed by atoms with Gasteiger partial charge in [-0.15, -0.1) is 0 Å². The molecule has 0 spiro atoms. The van der Waals surface area contributed by atoms with Gasteiger partial charge in [0, 0.05) is 11.9 Å². The van der Waals surface area contributed by atoms with Crippen molar-refractivity contribution in [3.05, 3.63) is 53.0 Å². The molecule has 0 aromatic carbocycles. The van der Waals surface area contributed by atoms with Gasteiger partial charge in [-0.2, -0.15) is 0 Å². The van der Waals surface area contributed by atoms with Crippen LogP contribution in [0.3, 0.4) is 0 Å². The van der Waals surface area contributed by atoms with Crippen LogP contribution in [0.5, 0.6) is 0 Å². The summed E-state index contributed by atoms with van der Waals surface area (Å²) in [4.78, 5) is 19.6. The van der Waals surface area contributed by atoms with Gasteiger partial charge in [-0.1, -0.05) is 13.0 Å². The summed E-state index contributed by atoms with van der Waals surface area (Å²) in [6, 6.07) is 7.03. The Morgan fingerprint density at radius 2 is 2.20 bits per heavy atom. The molecule has 0 aliphatic rings. The minimum atomic E-state index is -0.953. The molecule has 2 aromatic rings. The Hall–Kier alpha value is -2.43. The van der Waals surface area contributed by atoms with Crippen molar-refractivity contribution in [3.63, 3.8) is 0 Å². The number of rotatable bonds is 5. The normalized spacial score (nSPS) is 10.3. The summed E-state index contributed by atoms with van der Waals surface area (Å²) in [7, 11) is 0. The van der Waals surface area contributed by atoms with E-state index in [9.17, 15) is 4.79 Å². The highest BCUT2D eigenvalue weighted by molar-refractivity contribution is 5.88. The van der Waals surface area contributed by atoms with Crippen LogP contribution in [0.2, 0.25) is 0 Å². The van der Waals surface area contributed by atoms with Crippen molar-refractivity contribution in [2.24, 2.45) is 0 Å². The van der Waals surface area contributed by atoms with E-state index in [1.54, 1.807) is 19.2 Å². The number of carboxylic acids is 1. The molecule has 0 radical (unpaired) electrons. The number of hydrogen-bond donors (Lipinski definition) is 2. The monoisotopic (exact) mass is 271 g/mol. The van der Waals surface area contributed by atoms with Crippen molar-refractivity contribution in [3.8, 4) is 0 Å². The minimum absolute atomic E-state index is 0.233. The molecule has 5 nitrogen and oxygen atoms in total. The van der Waals surface area contributed by atoms with Crippen molar-refractivity contribution in [2.75, 3.05) is 5.32 Å². The molecule has 0 fully saturated rings. The van der Waals surface area contributed by atoms with E-state index in [1.165, 1.54) is 11.6 Å². The number of carbonyl (C=O) groups is 1. The number of nitrogens with one attached hydrogen (secondary N) is 1. The maximum Gasteiger partial charge on any atom is 0.335 e. The molecule has 0 unspecified atom stereocenters. The molecular formula is C15H17N3O2. The lowest BCUT2D eigenvalue weighted by atomic mass is 10.1. The predicted octanol–water partition coefficient (Wildman–Crippen LogP) is 2.66. The predicted molar refractivity (Wildman–Crippen MR) is 76.9 cm³/mol. The molecule has 2 aromatic heterocycles. The van der Waals surface area contributed by atoms with E-state index in [-0.39, 0.29) is 5.56 Å². The van der Waals surface area contributed by atoms with E-state index in [4.69, 9.17) is 5.11 Å². The molecule has 0 aliphatic carbocycles. The van der Waals surface area contributed by atoms with Crippen molar-refractivity contribution in [1.82, 2.24) is 9.97 Å². The van der Waals surface area contributed by atoms with E-state index >= 15 is 0 Å². The quantitative estimate of drug-likeness (QED) is 0.874. The number of nitrogens with zero attached hydrogens (tertiary/aromatic N) is 2. The van der Waals surface area contributed by atoms with Crippen LogP contribution in [0.15, 0.2) is 30.5 Å². The highest BCUT2D eigenvalue weighted by Gasteiger charge is 2.07. The van der Waals surface area contributed by atoms with Gasteiger partial charge in [0.1, 0.15) is 5.82 Å². The highest BCUT2D eigenvalue weighted by atomic mass is 16.4. The fraction of sp³-hybridized carbons (Fsp3) is 0.267. The second kappa shape index (κ2) is 6.14. The molecule has 5 heteroatoms. The smallest absolute Gasteiger partial charge is 0.335 e. The van der Waals surface area contributed by atoms with Gasteiger partial charge in [0.05, 0.1) is 17.8 Å². The van der Waals surface area contributed by atoms with Crippen LogP contribution in [0.4, 0.5) is 5.82 Å². The van der Waals surface area contributed by atoms with E-state index in [0.717, 1.165) is 12.1 Å². The lowest BCUT2D eigenvalue weighted by molar-refractivity contribution is 0.0696. The summed E-state index contributed by atoms with van der Waals surface area (Å²) in [5, 5.41) is 12.2. The number of hydrogen-bond acceptors (Lipinski definition) is 4. The molecular weight excluding hydrogens is 254 g/mol. The Balaban J connectivity index is 2.16. The number of aromatic carboxylic acids is 1. The lowest BCUT2D eigenvalue weighted by Gasteiger charge is -2.10. The standard InChI is InChI=1S/C15H17N3O2/c1-3-11-5-4-6-16-13(11)9-17-14-8-12(15(19)20)7-10(2)18-14/h4-8H,3,9H2,1-2H3,(H,17,18)(H,19,20). The van der Waals surface area contributed by atoms with E-state index < -0.39 is 5.97 Å². The van der Waals surface area contributed by atoms with Crippen LogP contribution in [-0.2, 0) is 13.0 Å². The Bertz CT molecular complexity index is 626. The largest absolute Gasteiger partial charge is 0.478 e. The Morgan fingerprint density at radius 3 is 2.90 bits per heavy atom. The molecule has 2 rings (SSSR count). The number of pyridine rings is 2. The molecule has 0 amide bonds. The molecule has 0 atom stereocenters. The van der Waals surface area contributed by atoms with Gasteiger partial charge in [-0.25, -0.2) is 9.78 Å². The molecule has 0 saturated heterocycles. The summed E-state index contributed by atoms with van der Waals surface area (Å²) in [6.07, 6.45) is 2.66. The van der Waals surface area contributed by atoms with E-state index in [0.29, 0.717) is 18.1 Å². The zero-order valence-corrected chi connectivity index (χ0v) is 11.6. The zero-order chi connectivity index (χ0) is 14.5. The van der Waals surface area contributed by atoms with E-state index in [1.807, 2.05) is 12.1 Å². The first-order chi connectivity index (χ1) is 9.60. The summed E-state index contributed by atoms with van der Waals surface area (Å²) in [5.74, 6) is -0.402. The first kappa shape index (κ1) is 14.0. The Labute approximate surface area is 117 Å². The van der Waals surface area contributed by atoms with Gasteiger partial charge in [-0.05, 0) is 37.1 Å². The Kier molecular flexibility index (Phi) is 4.30. The number of aromatic nitrogens is 2. The van der Waals surface area contributed by atoms with E-state index in [2.05, 4.69) is 22.2 Å². The van der Waals surface area contributed by atoms with Crippen LogP contribution in [0.1, 0.15) is 34.2 Å². The third-order valence-corrected chi connectivity index (χ3v) is 3.00. The second-order valence-corrected chi connectivity index (χ2v) is 4.50. The molecule has 104 valence electrons. The van der Waals surface area contributed by atoms with Gasteiger partial charge < -0.3 is 10.4 Å². The summed E-state index contributed by atoms with van der Waals surface area (Å²) >= 11 is 0. The molecule has 20 heavy (non-hydrogen) atoms. The Morgan fingerprint density at radius 1 is 1.40 bits per heavy atom. The van der Waals surface area contributed by atoms with Gasteiger partial charge in [-0.3, -0.25) is 4.98 Å². The number of anilines is 1. The van der Waals surface area contributed by atoms with Crippen molar-refractivity contribution < 1.29 is 9.90 Å². The topological polar surface area (TPSA) is 75.1 Å². The van der Waals surface area contributed by atoms with Crippen LogP contribution in [-0.4, -0.2) is 21.0 Å². The number of aryl methyl sites for hydroxylation is 2. The molecule has 0 aliphatic heterocycles. The van der Waals surface area contributed by atoms with Gasteiger partial charge in [0.2, 0.25) is 0 Å². The molecule has 2 heterocycles. The summed E-state index contributed by atoms with van der Waals surface area (Å²) < 4.78 is 0. The third-order valence-electron chi connectivity index (χ3n) is 3.00. The first-order valence-electron chi connectivity index (χ1n) is 6.48. The van der Waals surface area contributed by atoms with Crippen molar-refractivity contribution in [1.29, 1.82) is 0 Å². The number of carboxylic acid groups (broad SMARTS) is 1. The van der Waals surface area contributed by atoms with Crippen molar-refractivity contribution in [2.45, 2.75) is 26.8 Å². The van der Waals surface area contributed by atoms with Crippen LogP contribution >= 0.6 is 0 Å². The summed E-state index contributed by atoms with van der Waals surface area (Å²) in [5.41, 5.74) is 3.03. The fourth-order valence-corrected chi connectivity index (χ4v) is 2.01. The lowest BCUT2D eigenvalue weighted by Crippen LogP contribution is -2.08. The van der Waals surface area contributed by atoms with Crippen molar-refractivity contribution >= 4 is 11.8 Å². The highest BCUT2D eigenvalue weighted by Crippen LogP contribution is 2.13. The first-order valence-corrected chi connectivity index (χ1v) is 6.48. The van der Waals surface area contributed by atoms with Gasteiger partial charge >= 0.3 is 5.97 Å². The maximum absolute atomic E-state index is 11.0. The third kappa shape index (κ3) is 3.32. The SMILES string of the molecule is CCc1cccnc1CNc1cc(C(=O)O)cc(C)n1.